The highest BCUT2D eigenvalue weighted by atomic mass is 19.1. The zero-order valence-corrected chi connectivity index (χ0v) is 15.9. The van der Waals surface area contributed by atoms with Gasteiger partial charge in [0.1, 0.15) is 17.9 Å². The number of nitrogens with zero attached hydrogens (tertiary/aromatic N) is 2. The summed E-state index contributed by atoms with van der Waals surface area (Å²) in [5.41, 5.74) is 2.28. The third kappa shape index (κ3) is 4.38. The van der Waals surface area contributed by atoms with Crippen LogP contribution in [0.2, 0.25) is 0 Å². The van der Waals surface area contributed by atoms with E-state index in [0.717, 1.165) is 28.8 Å². The molecule has 4 aromatic rings. The van der Waals surface area contributed by atoms with Crippen LogP contribution < -0.4 is 0 Å². The Morgan fingerprint density at radius 3 is 2.73 bits per heavy atom. The maximum absolute atomic E-state index is 14.2. The Kier molecular flexibility index (Phi) is 5.58. The number of benzene rings is 2. The molecule has 30 heavy (non-hydrogen) atoms. The van der Waals surface area contributed by atoms with Gasteiger partial charge in [-0.25, -0.2) is 18.6 Å². The minimum Gasteiger partial charge on any atom is -0.476 e. The summed E-state index contributed by atoms with van der Waals surface area (Å²) in [6.07, 6.45) is 3.68. The number of carboxylic acids is 1. The van der Waals surface area contributed by atoms with Crippen molar-refractivity contribution in [3.8, 4) is 0 Å². The molecule has 8 heteroatoms. The molecule has 2 heterocycles. The second-order valence-electron chi connectivity index (χ2n) is 6.99. The molecule has 2 aromatic carbocycles. The van der Waals surface area contributed by atoms with Crippen LogP contribution in [-0.4, -0.2) is 32.5 Å². The van der Waals surface area contributed by atoms with Gasteiger partial charge in [-0.3, -0.25) is 4.90 Å². The van der Waals surface area contributed by atoms with E-state index in [1.165, 1.54) is 12.1 Å². The molecule has 0 radical (unpaired) electrons. The third-order valence-electron chi connectivity index (χ3n) is 4.91. The molecule has 0 saturated heterocycles. The first-order valence-corrected chi connectivity index (χ1v) is 9.38. The average Bonchev–Trinajstić information content (AvgIpc) is 3.35. The Balaban J connectivity index is 1.54. The van der Waals surface area contributed by atoms with Gasteiger partial charge in [-0.15, -0.1) is 0 Å². The predicted octanol–water partition coefficient (Wildman–Crippen LogP) is 4.38. The van der Waals surface area contributed by atoms with Crippen LogP contribution in [0, 0.1) is 11.6 Å². The Hall–Kier alpha value is -3.52. The molecule has 154 valence electrons. The normalized spacial score (nSPS) is 11.4. The zero-order chi connectivity index (χ0) is 21.1. The van der Waals surface area contributed by atoms with Crippen molar-refractivity contribution in [1.29, 1.82) is 0 Å². The van der Waals surface area contributed by atoms with E-state index < -0.39 is 17.6 Å². The molecule has 0 fully saturated rings. The van der Waals surface area contributed by atoms with Crippen molar-refractivity contribution in [2.45, 2.75) is 19.5 Å². The second-order valence-corrected chi connectivity index (χ2v) is 6.99. The number of aromatic amines is 1. The summed E-state index contributed by atoms with van der Waals surface area (Å²) in [4.78, 5) is 20.1. The molecule has 2 N–H and O–H groups in total. The number of nitrogens with one attached hydrogen (secondary N) is 1. The monoisotopic (exact) mass is 411 g/mol. The van der Waals surface area contributed by atoms with Crippen LogP contribution in [0.3, 0.4) is 0 Å². The van der Waals surface area contributed by atoms with Gasteiger partial charge >= 0.3 is 5.97 Å². The van der Waals surface area contributed by atoms with E-state index in [-0.39, 0.29) is 24.7 Å². The first-order valence-electron chi connectivity index (χ1n) is 9.38. The standard InChI is InChI=1S/C22H19F2N3O3/c23-16-6-5-15(18(24)9-16)11-27(12-21-26-20(13-30-21)22(28)29)8-7-14-10-25-19-4-2-1-3-17(14)19/h1-6,9-10,13,25H,7-8,11-12H2,(H,28,29). The molecule has 0 aliphatic carbocycles. The minimum atomic E-state index is -1.18. The van der Waals surface area contributed by atoms with Crippen molar-refractivity contribution in [2.24, 2.45) is 0 Å². The first kappa shape index (κ1) is 19.8. The van der Waals surface area contributed by atoms with E-state index in [0.29, 0.717) is 18.5 Å². The third-order valence-corrected chi connectivity index (χ3v) is 4.91. The molecular formula is C22H19F2N3O3. The van der Waals surface area contributed by atoms with Gasteiger partial charge in [0.25, 0.3) is 0 Å². The van der Waals surface area contributed by atoms with E-state index in [1.54, 1.807) is 0 Å². The number of hydrogen-bond acceptors (Lipinski definition) is 4. The minimum absolute atomic E-state index is 0.186. The lowest BCUT2D eigenvalue weighted by Crippen LogP contribution is -2.26. The van der Waals surface area contributed by atoms with Gasteiger partial charge in [-0.05, 0) is 24.1 Å². The number of carbonyl (C=O) groups is 1. The summed E-state index contributed by atoms with van der Waals surface area (Å²) in [6.45, 7) is 0.912. The van der Waals surface area contributed by atoms with Gasteiger partial charge in [0.15, 0.2) is 5.69 Å². The van der Waals surface area contributed by atoms with Gasteiger partial charge in [0.05, 0.1) is 6.54 Å². The fourth-order valence-corrected chi connectivity index (χ4v) is 3.39. The van der Waals surface area contributed by atoms with Crippen LogP contribution >= 0.6 is 0 Å². The summed E-state index contributed by atoms with van der Waals surface area (Å²) >= 11 is 0. The number of oxazole rings is 1. The number of fused-ring (bicyclic) bond motifs is 1. The molecular weight excluding hydrogens is 392 g/mol. The molecule has 4 rings (SSSR count). The number of hydrogen-bond donors (Lipinski definition) is 2. The lowest BCUT2D eigenvalue weighted by Gasteiger charge is -2.21. The largest absolute Gasteiger partial charge is 0.476 e. The summed E-state index contributed by atoms with van der Waals surface area (Å²) in [5, 5.41) is 10.1. The van der Waals surface area contributed by atoms with Crippen molar-refractivity contribution >= 4 is 16.9 Å². The highest BCUT2D eigenvalue weighted by Crippen LogP contribution is 2.20. The molecule has 0 aliphatic rings. The molecule has 0 saturated carbocycles. The highest BCUT2D eigenvalue weighted by molar-refractivity contribution is 5.84. The van der Waals surface area contributed by atoms with Crippen LogP contribution in [0.5, 0.6) is 0 Å². The fourth-order valence-electron chi connectivity index (χ4n) is 3.39. The van der Waals surface area contributed by atoms with Crippen molar-refractivity contribution in [3.05, 3.63) is 89.3 Å². The van der Waals surface area contributed by atoms with Crippen molar-refractivity contribution in [1.82, 2.24) is 14.9 Å². The smallest absolute Gasteiger partial charge is 0.357 e. The fraction of sp³-hybridized carbons (Fsp3) is 0.182. The van der Waals surface area contributed by atoms with Crippen LogP contribution in [0.1, 0.15) is 27.5 Å². The summed E-state index contributed by atoms with van der Waals surface area (Å²) in [6, 6.07) is 11.4. The first-order chi connectivity index (χ1) is 14.5. The summed E-state index contributed by atoms with van der Waals surface area (Å²) in [5.74, 6) is -2.24. The maximum Gasteiger partial charge on any atom is 0.357 e. The number of para-hydroxylation sites is 1. The molecule has 6 nitrogen and oxygen atoms in total. The molecule has 0 aliphatic heterocycles. The number of rotatable bonds is 8. The number of aromatic nitrogens is 2. The van der Waals surface area contributed by atoms with Gasteiger partial charge in [-0.1, -0.05) is 24.3 Å². The summed E-state index contributed by atoms with van der Waals surface area (Å²) < 4.78 is 32.7. The molecule has 0 amide bonds. The lowest BCUT2D eigenvalue weighted by atomic mass is 10.1. The molecule has 0 bridgehead atoms. The van der Waals surface area contributed by atoms with E-state index >= 15 is 0 Å². The Morgan fingerprint density at radius 2 is 1.97 bits per heavy atom. The van der Waals surface area contributed by atoms with Crippen LogP contribution in [-0.2, 0) is 19.5 Å². The Morgan fingerprint density at radius 1 is 1.13 bits per heavy atom. The van der Waals surface area contributed by atoms with E-state index in [2.05, 4.69) is 9.97 Å². The number of halogens is 2. The van der Waals surface area contributed by atoms with E-state index in [4.69, 9.17) is 9.52 Å². The van der Waals surface area contributed by atoms with Crippen LogP contribution in [0.15, 0.2) is 59.3 Å². The lowest BCUT2D eigenvalue weighted by molar-refractivity contribution is 0.0690. The van der Waals surface area contributed by atoms with Gasteiger partial charge in [0.2, 0.25) is 5.89 Å². The topological polar surface area (TPSA) is 82.4 Å². The van der Waals surface area contributed by atoms with Gasteiger partial charge in [0, 0.05) is 41.8 Å². The van der Waals surface area contributed by atoms with Gasteiger partial charge < -0.3 is 14.5 Å². The van der Waals surface area contributed by atoms with Gasteiger partial charge in [-0.2, -0.15) is 0 Å². The Bertz CT molecular complexity index is 1190. The molecule has 2 aromatic heterocycles. The molecule has 0 atom stereocenters. The average molecular weight is 411 g/mol. The molecule has 0 spiro atoms. The van der Waals surface area contributed by atoms with E-state index in [1.807, 2.05) is 35.4 Å². The van der Waals surface area contributed by atoms with Crippen molar-refractivity contribution in [3.63, 3.8) is 0 Å². The highest BCUT2D eigenvalue weighted by Gasteiger charge is 2.17. The van der Waals surface area contributed by atoms with Crippen molar-refractivity contribution in [2.75, 3.05) is 6.54 Å². The van der Waals surface area contributed by atoms with Crippen molar-refractivity contribution < 1.29 is 23.1 Å². The zero-order valence-electron chi connectivity index (χ0n) is 15.9. The second kappa shape index (κ2) is 8.46. The maximum atomic E-state index is 14.2. The van der Waals surface area contributed by atoms with Crippen LogP contribution in [0.25, 0.3) is 10.9 Å². The number of aromatic carboxylic acids is 1. The SMILES string of the molecule is O=C(O)c1coc(CN(CCc2c[nH]c3ccccc23)Cc2ccc(F)cc2F)n1. The number of carboxylic acid groups (broad SMARTS) is 1. The Labute approximate surface area is 170 Å². The number of H-pyrrole nitrogens is 1. The quantitative estimate of drug-likeness (QED) is 0.450. The predicted molar refractivity (Wildman–Crippen MR) is 106 cm³/mol. The van der Waals surface area contributed by atoms with Crippen LogP contribution in [0.4, 0.5) is 8.78 Å². The summed E-state index contributed by atoms with van der Waals surface area (Å²) in [7, 11) is 0. The van der Waals surface area contributed by atoms with E-state index in [9.17, 15) is 13.6 Å². The molecule has 0 unspecified atom stereocenters.